The molecule has 1 heterocycles. The maximum atomic E-state index is 11.6. The second kappa shape index (κ2) is 6.20. The van der Waals surface area contributed by atoms with E-state index < -0.39 is 0 Å². The van der Waals surface area contributed by atoms with Crippen molar-refractivity contribution in [1.29, 1.82) is 0 Å². The van der Waals surface area contributed by atoms with Crippen molar-refractivity contribution in [3.05, 3.63) is 65.7 Å². The van der Waals surface area contributed by atoms with Crippen LogP contribution in [0.25, 0.3) is 11.3 Å². The van der Waals surface area contributed by atoms with Crippen LogP contribution in [0.2, 0.25) is 0 Å². The highest BCUT2D eigenvalue weighted by Gasteiger charge is 2.17. The highest BCUT2D eigenvalue weighted by atomic mass is 32.2. The van der Waals surface area contributed by atoms with Crippen molar-refractivity contribution in [2.75, 3.05) is 0 Å². The van der Waals surface area contributed by atoms with Gasteiger partial charge in [0.2, 0.25) is 0 Å². The van der Waals surface area contributed by atoms with Crippen LogP contribution in [-0.4, -0.2) is 16.1 Å². The van der Waals surface area contributed by atoms with E-state index in [1.807, 2.05) is 37.4 Å². The van der Waals surface area contributed by atoms with Gasteiger partial charge in [-0.05, 0) is 19.1 Å². The first-order valence-electron chi connectivity index (χ1n) is 7.01. The molecule has 0 bridgehead atoms. The largest absolute Gasteiger partial charge is 0.298 e. The van der Waals surface area contributed by atoms with Gasteiger partial charge in [-0.1, -0.05) is 59.8 Å². The average Bonchev–Trinajstić information content (AvgIpc) is 2.86. The molecule has 0 radical (unpaired) electrons. The third-order valence-corrected chi connectivity index (χ3v) is 4.62. The standard InChI is InChI=1S/C18H16N2OS/c1-13-8-10-15(11-9-13)22-18-16(12-21)17(19-20(18)2)14-6-4-3-5-7-14/h3-12H,1-2H3. The Labute approximate surface area is 134 Å². The van der Waals surface area contributed by atoms with E-state index in [-0.39, 0.29) is 0 Å². The minimum Gasteiger partial charge on any atom is -0.298 e. The van der Waals surface area contributed by atoms with E-state index in [9.17, 15) is 4.79 Å². The van der Waals surface area contributed by atoms with Gasteiger partial charge in [0.05, 0.1) is 5.56 Å². The fraction of sp³-hybridized carbons (Fsp3) is 0.111. The summed E-state index contributed by atoms with van der Waals surface area (Å²) in [5.74, 6) is 0. The maximum absolute atomic E-state index is 11.6. The number of benzene rings is 2. The first kappa shape index (κ1) is 14.6. The van der Waals surface area contributed by atoms with Gasteiger partial charge in [-0.25, -0.2) is 0 Å². The Morgan fingerprint density at radius 2 is 1.73 bits per heavy atom. The molecule has 110 valence electrons. The van der Waals surface area contributed by atoms with Gasteiger partial charge in [-0.15, -0.1) is 0 Å². The number of hydrogen-bond donors (Lipinski definition) is 0. The van der Waals surface area contributed by atoms with Crippen LogP contribution < -0.4 is 0 Å². The molecule has 3 aromatic rings. The molecule has 1 aromatic heterocycles. The Morgan fingerprint density at radius 3 is 2.36 bits per heavy atom. The molecule has 0 unspecified atom stereocenters. The predicted molar refractivity (Wildman–Crippen MR) is 89.3 cm³/mol. The first-order valence-corrected chi connectivity index (χ1v) is 7.83. The lowest BCUT2D eigenvalue weighted by molar-refractivity contribution is 0.112. The van der Waals surface area contributed by atoms with Crippen LogP contribution in [0.15, 0.2) is 64.5 Å². The molecule has 0 amide bonds. The molecule has 0 fully saturated rings. The Balaban J connectivity index is 2.03. The third kappa shape index (κ3) is 2.83. The number of carbonyl (C=O) groups excluding carboxylic acids is 1. The summed E-state index contributed by atoms with van der Waals surface area (Å²) in [6, 6.07) is 18.0. The summed E-state index contributed by atoms with van der Waals surface area (Å²) in [7, 11) is 1.87. The van der Waals surface area contributed by atoms with Gasteiger partial charge < -0.3 is 0 Å². The zero-order valence-electron chi connectivity index (χ0n) is 12.5. The molecule has 0 saturated heterocycles. The summed E-state index contributed by atoms with van der Waals surface area (Å²) in [5, 5.41) is 5.39. The van der Waals surface area contributed by atoms with Gasteiger partial charge in [-0.3, -0.25) is 9.48 Å². The zero-order chi connectivity index (χ0) is 15.5. The number of carbonyl (C=O) groups is 1. The number of aromatic nitrogens is 2. The molecule has 2 aromatic carbocycles. The van der Waals surface area contributed by atoms with Crippen molar-refractivity contribution in [2.45, 2.75) is 16.8 Å². The van der Waals surface area contributed by atoms with Crippen molar-refractivity contribution >= 4 is 18.0 Å². The number of nitrogens with zero attached hydrogens (tertiary/aromatic N) is 2. The van der Waals surface area contributed by atoms with Gasteiger partial charge in [-0.2, -0.15) is 5.10 Å². The lowest BCUT2D eigenvalue weighted by Gasteiger charge is -2.03. The van der Waals surface area contributed by atoms with Crippen LogP contribution in [0.1, 0.15) is 15.9 Å². The quantitative estimate of drug-likeness (QED) is 0.672. The summed E-state index contributed by atoms with van der Waals surface area (Å²) in [6.45, 7) is 2.06. The van der Waals surface area contributed by atoms with Crippen molar-refractivity contribution in [1.82, 2.24) is 9.78 Å². The molecule has 3 rings (SSSR count). The van der Waals surface area contributed by atoms with Crippen molar-refractivity contribution in [2.24, 2.45) is 7.05 Å². The van der Waals surface area contributed by atoms with E-state index in [1.165, 1.54) is 5.56 Å². The van der Waals surface area contributed by atoms with Gasteiger partial charge >= 0.3 is 0 Å². The fourth-order valence-corrected chi connectivity index (χ4v) is 3.20. The zero-order valence-corrected chi connectivity index (χ0v) is 13.3. The van der Waals surface area contributed by atoms with E-state index in [4.69, 9.17) is 0 Å². The first-order chi connectivity index (χ1) is 10.7. The molecule has 3 nitrogen and oxygen atoms in total. The second-order valence-corrected chi connectivity index (χ2v) is 6.15. The van der Waals surface area contributed by atoms with Gasteiger partial charge in [0.1, 0.15) is 10.7 Å². The van der Waals surface area contributed by atoms with E-state index in [0.717, 1.165) is 27.5 Å². The SMILES string of the molecule is Cc1ccc(Sc2c(C=O)c(-c3ccccc3)nn2C)cc1. The highest BCUT2D eigenvalue weighted by molar-refractivity contribution is 7.99. The molecular formula is C18H16N2OS. The highest BCUT2D eigenvalue weighted by Crippen LogP contribution is 2.34. The Bertz CT molecular complexity index is 792. The summed E-state index contributed by atoms with van der Waals surface area (Å²) in [6.07, 6.45) is 0.895. The second-order valence-electron chi connectivity index (χ2n) is 5.09. The number of rotatable bonds is 4. The molecule has 0 atom stereocenters. The molecule has 4 heteroatoms. The topological polar surface area (TPSA) is 34.9 Å². The van der Waals surface area contributed by atoms with Gasteiger partial charge in [0.25, 0.3) is 0 Å². The molecule has 22 heavy (non-hydrogen) atoms. The van der Waals surface area contributed by atoms with E-state index in [2.05, 4.69) is 36.3 Å². The molecule has 0 aliphatic heterocycles. The van der Waals surface area contributed by atoms with Crippen LogP contribution >= 0.6 is 11.8 Å². The molecular weight excluding hydrogens is 292 g/mol. The van der Waals surface area contributed by atoms with Crippen molar-refractivity contribution < 1.29 is 4.79 Å². The minimum atomic E-state index is 0.638. The smallest absolute Gasteiger partial charge is 0.155 e. The summed E-state index contributed by atoms with van der Waals surface area (Å²) in [4.78, 5) is 12.7. The Hall–Kier alpha value is -2.33. The van der Waals surface area contributed by atoms with E-state index in [1.54, 1.807) is 16.4 Å². The monoisotopic (exact) mass is 308 g/mol. The molecule has 0 aliphatic carbocycles. The lowest BCUT2D eigenvalue weighted by Crippen LogP contribution is -1.93. The fourth-order valence-electron chi connectivity index (χ4n) is 2.28. The average molecular weight is 308 g/mol. The molecule has 0 N–H and O–H groups in total. The van der Waals surface area contributed by atoms with Crippen molar-refractivity contribution in [3.8, 4) is 11.3 Å². The summed E-state index contributed by atoms with van der Waals surface area (Å²) < 4.78 is 1.77. The van der Waals surface area contributed by atoms with Gasteiger partial charge in [0.15, 0.2) is 6.29 Å². The maximum Gasteiger partial charge on any atom is 0.155 e. The Morgan fingerprint density at radius 1 is 1.05 bits per heavy atom. The van der Waals surface area contributed by atoms with Crippen LogP contribution in [-0.2, 0) is 7.05 Å². The van der Waals surface area contributed by atoms with E-state index >= 15 is 0 Å². The third-order valence-electron chi connectivity index (χ3n) is 3.43. The van der Waals surface area contributed by atoms with Crippen molar-refractivity contribution in [3.63, 3.8) is 0 Å². The number of aryl methyl sites for hydroxylation is 2. The van der Waals surface area contributed by atoms with Crippen LogP contribution in [0.5, 0.6) is 0 Å². The molecule has 0 spiro atoms. The number of aldehydes is 1. The number of hydrogen-bond acceptors (Lipinski definition) is 3. The molecule has 0 aliphatic rings. The summed E-state index contributed by atoms with van der Waals surface area (Å²) in [5.41, 5.74) is 3.54. The Kier molecular flexibility index (Phi) is 4.11. The minimum absolute atomic E-state index is 0.638. The van der Waals surface area contributed by atoms with Crippen LogP contribution in [0.4, 0.5) is 0 Å². The van der Waals surface area contributed by atoms with E-state index in [0.29, 0.717) is 5.56 Å². The van der Waals surface area contributed by atoms with Crippen LogP contribution in [0.3, 0.4) is 0 Å². The normalized spacial score (nSPS) is 10.6. The lowest BCUT2D eigenvalue weighted by atomic mass is 10.1. The molecule has 0 saturated carbocycles. The summed E-state index contributed by atoms with van der Waals surface area (Å²) >= 11 is 1.56. The predicted octanol–water partition coefficient (Wildman–Crippen LogP) is 4.36. The van der Waals surface area contributed by atoms with Crippen LogP contribution in [0, 0.1) is 6.92 Å². The van der Waals surface area contributed by atoms with Gasteiger partial charge in [0, 0.05) is 17.5 Å².